The molecule has 4 aliphatic rings. The van der Waals surface area contributed by atoms with Crippen LogP contribution in [0.4, 0.5) is 0 Å². The molecular weight excluding hydrogens is 494 g/mol. The number of carbonyl (C=O) groups is 1. The Morgan fingerprint density at radius 3 is 2.48 bits per heavy atom. The van der Waals surface area contributed by atoms with Crippen molar-refractivity contribution >= 4 is 5.78 Å². The van der Waals surface area contributed by atoms with Gasteiger partial charge in [-0.3, -0.25) is 4.79 Å². The third-order valence-corrected chi connectivity index (χ3v) is 12.9. The Morgan fingerprint density at radius 1 is 1.05 bits per heavy atom. The molecule has 0 aliphatic heterocycles. The molecular formula is C35H43N3O2. The molecule has 40 heavy (non-hydrogen) atoms. The monoisotopic (exact) mass is 537 g/mol. The molecule has 7 rings (SSSR count). The van der Waals surface area contributed by atoms with Crippen molar-refractivity contribution < 1.29 is 9.90 Å². The Hall–Kier alpha value is -2.76. The Labute approximate surface area is 238 Å². The number of nitrogens with zero attached hydrogens (tertiary/aromatic N) is 2. The first-order valence-corrected chi connectivity index (χ1v) is 15.3. The van der Waals surface area contributed by atoms with Gasteiger partial charge in [-0.2, -0.15) is 5.10 Å². The van der Waals surface area contributed by atoms with E-state index in [0.717, 1.165) is 36.7 Å². The van der Waals surface area contributed by atoms with Crippen molar-refractivity contribution in [1.82, 2.24) is 9.78 Å². The van der Waals surface area contributed by atoms with E-state index in [-0.39, 0.29) is 34.6 Å². The van der Waals surface area contributed by atoms with Gasteiger partial charge in [0.15, 0.2) is 5.78 Å². The summed E-state index contributed by atoms with van der Waals surface area (Å²) >= 11 is 0. The number of benzene rings is 2. The van der Waals surface area contributed by atoms with Gasteiger partial charge in [0.05, 0.1) is 11.4 Å². The van der Waals surface area contributed by atoms with Crippen molar-refractivity contribution in [1.29, 1.82) is 0 Å². The molecule has 3 aromatic rings. The highest BCUT2D eigenvalue weighted by atomic mass is 16.3. The molecule has 210 valence electrons. The molecule has 3 N–H and O–H groups in total. The van der Waals surface area contributed by atoms with Crippen molar-refractivity contribution in [2.24, 2.45) is 45.1 Å². The molecule has 0 amide bonds. The van der Waals surface area contributed by atoms with Gasteiger partial charge in [0, 0.05) is 23.9 Å². The van der Waals surface area contributed by atoms with Crippen LogP contribution >= 0.6 is 0 Å². The zero-order valence-corrected chi connectivity index (χ0v) is 24.2. The minimum Gasteiger partial charge on any atom is -0.396 e. The maximum absolute atomic E-state index is 12.9. The first-order valence-electron chi connectivity index (χ1n) is 15.3. The van der Waals surface area contributed by atoms with Crippen LogP contribution in [-0.4, -0.2) is 33.8 Å². The van der Waals surface area contributed by atoms with Crippen LogP contribution in [0.5, 0.6) is 0 Å². The maximum Gasteiger partial charge on any atom is 0.193 e. The van der Waals surface area contributed by atoms with Gasteiger partial charge in [0.1, 0.15) is 0 Å². The molecule has 7 atom stereocenters. The van der Waals surface area contributed by atoms with Crippen LogP contribution in [-0.2, 0) is 12.8 Å². The molecule has 5 nitrogen and oxygen atoms in total. The summed E-state index contributed by atoms with van der Waals surface area (Å²) in [6.07, 6.45) is 10.3. The van der Waals surface area contributed by atoms with Gasteiger partial charge in [-0.1, -0.05) is 51.1 Å². The van der Waals surface area contributed by atoms with Crippen LogP contribution in [0, 0.1) is 39.4 Å². The minimum atomic E-state index is 0.00109. The molecule has 0 spiro atoms. The molecule has 1 heterocycles. The predicted molar refractivity (Wildman–Crippen MR) is 157 cm³/mol. The van der Waals surface area contributed by atoms with Crippen molar-refractivity contribution in [3.8, 4) is 5.69 Å². The van der Waals surface area contributed by atoms with E-state index in [4.69, 9.17) is 10.8 Å². The second-order valence-corrected chi connectivity index (χ2v) is 14.1. The van der Waals surface area contributed by atoms with E-state index in [0.29, 0.717) is 22.5 Å². The summed E-state index contributed by atoms with van der Waals surface area (Å²) < 4.78 is 1.97. The topological polar surface area (TPSA) is 81.1 Å². The number of rotatable bonds is 6. The third-order valence-electron chi connectivity index (χ3n) is 12.9. The van der Waals surface area contributed by atoms with Gasteiger partial charge in [-0.25, -0.2) is 4.68 Å². The Bertz CT molecular complexity index is 1450. The molecule has 0 unspecified atom stereocenters. The Kier molecular flexibility index (Phi) is 5.80. The van der Waals surface area contributed by atoms with E-state index in [1.165, 1.54) is 37.7 Å². The number of aliphatic hydroxyl groups excluding tert-OH is 1. The van der Waals surface area contributed by atoms with E-state index in [1.54, 1.807) is 0 Å². The van der Waals surface area contributed by atoms with E-state index in [1.807, 2.05) is 59.3 Å². The molecule has 2 aromatic carbocycles. The quantitative estimate of drug-likeness (QED) is 0.378. The number of fused-ring (bicyclic) bond motifs is 4. The summed E-state index contributed by atoms with van der Waals surface area (Å²) in [6, 6.07) is 17.2. The molecule has 1 aromatic heterocycles. The van der Waals surface area contributed by atoms with Crippen molar-refractivity contribution in [2.75, 3.05) is 13.2 Å². The molecule has 5 heteroatoms. The van der Waals surface area contributed by atoms with Gasteiger partial charge >= 0.3 is 0 Å². The molecule has 4 aliphatic carbocycles. The zero-order valence-electron chi connectivity index (χ0n) is 24.2. The number of nitrogens with two attached hydrogens (primary N) is 1. The SMILES string of the molecule is C[C@H]1CC[C@@H]2[C@]1(C)CC[C@@]1([C@@]3(C)Cc4cn(-c5ccc(C(=O)c6ccccc6)cc5)nc4C[C@@H]3CO)C[C@]21CN. The highest BCUT2D eigenvalue weighted by Gasteiger charge is 2.81. The molecule has 3 saturated carbocycles. The number of hydrogen-bond acceptors (Lipinski definition) is 4. The number of carbonyl (C=O) groups excluding carboxylic acids is 1. The second kappa shape index (κ2) is 8.87. The van der Waals surface area contributed by atoms with Gasteiger partial charge in [0.25, 0.3) is 0 Å². The van der Waals surface area contributed by atoms with E-state index < -0.39 is 0 Å². The molecule has 3 fully saturated rings. The average molecular weight is 538 g/mol. The van der Waals surface area contributed by atoms with Crippen LogP contribution in [0.2, 0.25) is 0 Å². The normalized spacial score (nSPS) is 37.9. The van der Waals surface area contributed by atoms with E-state index >= 15 is 0 Å². The summed E-state index contributed by atoms with van der Waals surface area (Å²) in [5.41, 5.74) is 12.3. The molecule has 0 bridgehead atoms. The van der Waals surface area contributed by atoms with Crippen molar-refractivity contribution in [2.45, 2.75) is 65.7 Å². The predicted octanol–water partition coefficient (Wildman–Crippen LogP) is 6.00. The fourth-order valence-electron chi connectivity index (χ4n) is 10.2. The average Bonchev–Trinajstić information content (AvgIpc) is 3.38. The van der Waals surface area contributed by atoms with Gasteiger partial charge in [-0.05, 0) is 121 Å². The number of aliphatic hydroxyl groups is 1. The number of aromatic nitrogens is 2. The largest absolute Gasteiger partial charge is 0.396 e. The van der Waals surface area contributed by atoms with Crippen LogP contribution in [0.15, 0.2) is 60.8 Å². The van der Waals surface area contributed by atoms with Gasteiger partial charge in [0.2, 0.25) is 0 Å². The standard InChI is InChI=1S/C35H43N3O2/c1-23-9-14-30-32(23,2)15-16-35(21-34(30,35)22-36)33(3)18-26-19-38(37-29(26)17-27(33)20-39)28-12-10-25(11-13-28)31(40)24-7-5-4-6-8-24/h4-8,10-13,19,23,27,30,39H,9,14-18,20-22,36H2,1-3H3/t23-,27+,30+,32+,33-,34-,35-/m0/s1. The number of ketones is 1. The molecule has 0 saturated heterocycles. The Morgan fingerprint density at radius 2 is 1.77 bits per heavy atom. The fourth-order valence-corrected chi connectivity index (χ4v) is 10.2. The lowest BCUT2D eigenvalue weighted by atomic mass is 9.49. The summed E-state index contributed by atoms with van der Waals surface area (Å²) in [7, 11) is 0. The van der Waals surface area contributed by atoms with Gasteiger partial charge < -0.3 is 10.8 Å². The van der Waals surface area contributed by atoms with Crippen LogP contribution in [0.1, 0.15) is 80.1 Å². The second-order valence-electron chi connectivity index (χ2n) is 14.1. The lowest BCUT2D eigenvalue weighted by Gasteiger charge is -2.56. The summed E-state index contributed by atoms with van der Waals surface area (Å²) in [6.45, 7) is 8.44. The third kappa shape index (κ3) is 3.34. The van der Waals surface area contributed by atoms with Crippen molar-refractivity contribution in [3.63, 3.8) is 0 Å². The first-order chi connectivity index (χ1) is 19.2. The maximum atomic E-state index is 12.9. The minimum absolute atomic E-state index is 0.00109. The van der Waals surface area contributed by atoms with Crippen molar-refractivity contribution in [3.05, 3.63) is 83.2 Å². The first kappa shape index (κ1) is 26.2. The lowest BCUT2D eigenvalue weighted by Crippen LogP contribution is -2.53. The lowest BCUT2D eigenvalue weighted by molar-refractivity contribution is -0.0706. The summed E-state index contributed by atoms with van der Waals surface area (Å²) in [4.78, 5) is 12.9. The highest BCUT2D eigenvalue weighted by molar-refractivity contribution is 6.09. The summed E-state index contributed by atoms with van der Waals surface area (Å²) in [5, 5.41) is 15.8. The van der Waals surface area contributed by atoms with E-state index in [9.17, 15) is 9.90 Å². The van der Waals surface area contributed by atoms with E-state index in [2.05, 4.69) is 27.0 Å². The molecule has 0 radical (unpaired) electrons. The van der Waals surface area contributed by atoms with Crippen LogP contribution in [0.25, 0.3) is 5.69 Å². The summed E-state index contributed by atoms with van der Waals surface area (Å²) in [5.74, 6) is 1.68. The Balaban J connectivity index is 1.18. The number of hydrogen-bond donors (Lipinski definition) is 2. The smallest absolute Gasteiger partial charge is 0.193 e. The van der Waals surface area contributed by atoms with Crippen LogP contribution in [0.3, 0.4) is 0 Å². The fraction of sp³-hybridized carbons (Fsp3) is 0.543. The van der Waals surface area contributed by atoms with Gasteiger partial charge in [-0.15, -0.1) is 0 Å². The highest BCUT2D eigenvalue weighted by Crippen LogP contribution is 2.85. The van der Waals surface area contributed by atoms with Crippen LogP contribution < -0.4 is 5.73 Å². The zero-order chi connectivity index (χ0) is 27.9.